The fourth-order valence-electron chi connectivity index (χ4n) is 1.12. The van der Waals surface area contributed by atoms with Gasteiger partial charge >= 0.3 is 0 Å². The van der Waals surface area contributed by atoms with Gasteiger partial charge in [-0.15, -0.1) is 0 Å². The summed E-state index contributed by atoms with van der Waals surface area (Å²) in [6.45, 7) is 1.99. The van der Waals surface area contributed by atoms with Crippen molar-refractivity contribution in [2.24, 2.45) is 0 Å². The standard InChI is InChI=1S/C10H10FN3S2/c1-2-9-13-10(16-14-9)15-8-4-3-6(12)5-7(8)11/h3-5H,2,12H2,1H3. The number of nitrogens with zero attached hydrogens (tertiary/aromatic N) is 2. The smallest absolute Gasteiger partial charge is 0.174 e. The van der Waals surface area contributed by atoms with Crippen molar-refractivity contribution in [3.63, 3.8) is 0 Å². The first-order valence-electron chi connectivity index (χ1n) is 4.74. The summed E-state index contributed by atoms with van der Waals surface area (Å²) in [6, 6.07) is 4.64. The first kappa shape index (κ1) is 11.3. The van der Waals surface area contributed by atoms with Crippen molar-refractivity contribution in [3.05, 3.63) is 29.8 Å². The second kappa shape index (κ2) is 4.80. The number of nitrogens with two attached hydrogens (primary N) is 1. The molecule has 0 fully saturated rings. The van der Waals surface area contributed by atoms with Gasteiger partial charge in [0.1, 0.15) is 11.6 Å². The Morgan fingerprint density at radius 2 is 2.31 bits per heavy atom. The third-order valence-corrected chi connectivity index (χ3v) is 3.76. The van der Waals surface area contributed by atoms with E-state index in [4.69, 9.17) is 5.73 Å². The van der Waals surface area contributed by atoms with Gasteiger partial charge in [0.25, 0.3) is 0 Å². The van der Waals surface area contributed by atoms with Crippen LogP contribution < -0.4 is 5.73 Å². The minimum absolute atomic E-state index is 0.321. The average molecular weight is 255 g/mol. The molecule has 0 bridgehead atoms. The van der Waals surface area contributed by atoms with Crippen LogP contribution in [-0.2, 0) is 6.42 Å². The number of hydrogen-bond acceptors (Lipinski definition) is 5. The lowest BCUT2D eigenvalue weighted by Gasteiger charge is -2.00. The highest BCUT2D eigenvalue weighted by Crippen LogP contribution is 2.31. The number of hydrogen-bond donors (Lipinski definition) is 1. The van der Waals surface area contributed by atoms with Gasteiger partial charge in [-0.2, -0.15) is 4.37 Å². The van der Waals surface area contributed by atoms with Gasteiger partial charge in [-0.3, -0.25) is 0 Å². The zero-order valence-corrected chi connectivity index (χ0v) is 10.2. The van der Waals surface area contributed by atoms with Crippen LogP contribution in [0.15, 0.2) is 27.4 Å². The van der Waals surface area contributed by atoms with Crippen LogP contribution in [0.2, 0.25) is 0 Å². The SMILES string of the molecule is CCc1nsc(Sc2ccc(N)cc2F)n1. The van der Waals surface area contributed by atoms with Crippen LogP contribution in [-0.4, -0.2) is 9.36 Å². The highest BCUT2D eigenvalue weighted by atomic mass is 32.2. The Kier molecular flexibility index (Phi) is 3.40. The van der Waals surface area contributed by atoms with Crippen molar-refractivity contribution in [2.45, 2.75) is 22.6 Å². The topological polar surface area (TPSA) is 51.8 Å². The van der Waals surface area contributed by atoms with Crippen molar-refractivity contribution in [3.8, 4) is 0 Å². The van der Waals surface area contributed by atoms with E-state index >= 15 is 0 Å². The molecular weight excluding hydrogens is 245 g/mol. The van der Waals surface area contributed by atoms with Crippen molar-refractivity contribution < 1.29 is 4.39 Å². The zero-order chi connectivity index (χ0) is 11.5. The minimum atomic E-state index is -0.321. The van der Waals surface area contributed by atoms with Gasteiger partial charge in [0, 0.05) is 12.1 Å². The zero-order valence-electron chi connectivity index (χ0n) is 8.61. The van der Waals surface area contributed by atoms with Gasteiger partial charge in [0.05, 0.1) is 4.90 Å². The van der Waals surface area contributed by atoms with Crippen molar-refractivity contribution in [2.75, 3.05) is 5.73 Å². The summed E-state index contributed by atoms with van der Waals surface area (Å²) in [5, 5.41) is 0. The number of aromatic nitrogens is 2. The number of benzene rings is 1. The Morgan fingerprint density at radius 1 is 1.50 bits per heavy atom. The molecule has 0 amide bonds. The predicted molar refractivity (Wildman–Crippen MR) is 64.2 cm³/mol. The van der Waals surface area contributed by atoms with Gasteiger partial charge in [-0.05, 0) is 29.7 Å². The van der Waals surface area contributed by atoms with Crippen LogP contribution in [0.25, 0.3) is 0 Å². The van der Waals surface area contributed by atoms with Gasteiger partial charge in [0.15, 0.2) is 4.34 Å². The van der Waals surface area contributed by atoms with E-state index in [9.17, 15) is 4.39 Å². The minimum Gasteiger partial charge on any atom is -0.399 e. The van der Waals surface area contributed by atoms with Crippen LogP contribution in [0.5, 0.6) is 0 Å². The van der Waals surface area contributed by atoms with Gasteiger partial charge in [0.2, 0.25) is 0 Å². The Bertz CT molecular complexity index is 499. The molecule has 0 atom stereocenters. The van der Waals surface area contributed by atoms with Gasteiger partial charge < -0.3 is 5.73 Å². The molecule has 3 nitrogen and oxygen atoms in total. The molecule has 0 saturated heterocycles. The molecule has 84 valence electrons. The third-order valence-electron chi connectivity index (χ3n) is 1.92. The number of halogens is 1. The van der Waals surface area contributed by atoms with E-state index in [-0.39, 0.29) is 5.82 Å². The summed E-state index contributed by atoms with van der Waals surface area (Å²) < 4.78 is 18.4. The summed E-state index contributed by atoms with van der Waals surface area (Å²) in [4.78, 5) is 4.78. The average Bonchev–Trinajstić information content (AvgIpc) is 2.70. The summed E-state index contributed by atoms with van der Waals surface area (Å²) in [5.41, 5.74) is 5.90. The molecule has 0 radical (unpaired) electrons. The lowest BCUT2D eigenvalue weighted by molar-refractivity contribution is 0.602. The van der Waals surface area contributed by atoms with E-state index < -0.39 is 0 Å². The quantitative estimate of drug-likeness (QED) is 0.857. The van der Waals surface area contributed by atoms with Crippen molar-refractivity contribution >= 4 is 29.0 Å². The van der Waals surface area contributed by atoms with Gasteiger partial charge in [-0.1, -0.05) is 18.7 Å². The third kappa shape index (κ3) is 2.51. The Morgan fingerprint density at radius 3 is 2.94 bits per heavy atom. The van der Waals surface area contributed by atoms with Crippen LogP contribution in [0, 0.1) is 5.82 Å². The van der Waals surface area contributed by atoms with E-state index in [1.54, 1.807) is 12.1 Å². The van der Waals surface area contributed by atoms with E-state index in [1.807, 2.05) is 6.92 Å². The van der Waals surface area contributed by atoms with E-state index in [1.165, 1.54) is 29.4 Å². The summed E-state index contributed by atoms with van der Waals surface area (Å²) in [5.74, 6) is 0.474. The van der Waals surface area contributed by atoms with Crippen LogP contribution >= 0.6 is 23.3 Å². The second-order valence-electron chi connectivity index (χ2n) is 3.12. The summed E-state index contributed by atoms with van der Waals surface area (Å²) >= 11 is 2.56. The fourth-order valence-corrected chi connectivity index (χ4v) is 2.78. The molecule has 0 saturated carbocycles. The highest BCUT2D eigenvalue weighted by Gasteiger charge is 2.08. The number of anilines is 1. The lowest BCUT2D eigenvalue weighted by atomic mass is 10.3. The van der Waals surface area contributed by atoms with Crippen LogP contribution in [0.4, 0.5) is 10.1 Å². The molecular formula is C10H10FN3S2. The molecule has 0 aliphatic rings. The molecule has 0 unspecified atom stereocenters. The molecule has 0 spiro atoms. The Labute approximate surface area is 101 Å². The van der Waals surface area contributed by atoms with Crippen molar-refractivity contribution in [1.29, 1.82) is 0 Å². The first-order chi connectivity index (χ1) is 7.69. The van der Waals surface area contributed by atoms with Crippen LogP contribution in [0.3, 0.4) is 0 Å². The molecule has 0 aliphatic heterocycles. The molecule has 1 heterocycles. The number of nitrogen functional groups attached to an aromatic ring is 1. The molecule has 1 aromatic carbocycles. The summed E-state index contributed by atoms with van der Waals surface area (Å²) in [7, 11) is 0. The largest absolute Gasteiger partial charge is 0.399 e. The lowest BCUT2D eigenvalue weighted by Crippen LogP contribution is -1.88. The maximum absolute atomic E-state index is 13.5. The molecule has 2 N–H and O–H groups in total. The maximum atomic E-state index is 13.5. The number of rotatable bonds is 3. The Hall–Kier alpha value is -1.14. The molecule has 2 aromatic rings. The predicted octanol–water partition coefficient (Wildman–Crippen LogP) is 2.97. The molecule has 0 aliphatic carbocycles. The molecule has 16 heavy (non-hydrogen) atoms. The van der Waals surface area contributed by atoms with E-state index in [0.29, 0.717) is 10.6 Å². The Balaban J connectivity index is 2.20. The molecule has 1 aromatic heterocycles. The van der Waals surface area contributed by atoms with E-state index in [2.05, 4.69) is 9.36 Å². The monoisotopic (exact) mass is 255 g/mol. The van der Waals surface area contributed by atoms with Gasteiger partial charge in [-0.25, -0.2) is 9.37 Å². The molecule has 6 heteroatoms. The highest BCUT2D eigenvalue weighted by molar-refractivity contribution is 8.01. The second-order valence-corrected chi connectivity index (χ2v) is 5.16. The van der Waals surface area contributed by atoms with Crippen molar-refractivity contribution in [1.82, 2.24) is 9.36 Å². The van der Waals surface area contributed by atoms with E-state index in [0.717, 1.165) is 16.6 Å². The molecule has 2 rings (SSSR count). The number of aryl methyl sites for hydroxylation is 1. The van der Waals surface area contributed by atoms with Crippen LogP contribution in [0.1, 0.15) is 12.7 Å². The fraction of sp³-hybridized carbons (Fsp3) is 0.200. The summed E-state index contributed by atoms with van der Waals surface area (Å²) in [6.07, 6.45) is 0.793. The first-order valence-corrected chi connectivity index (χ1v) is 6.33. The normalized spacial score (nSPS) is 10.6. The maximum Gasteiger partial charge on any atom is 0.174 e.